The number of hydrogen-bond acceptors (Lipinski definition) is 5. The summed E-state index contributed by atoms with van der Waals surface area (Å²) in [5.41, 5.74) is 0. The molecule has 1 atom stereocenters. The molecule has 0 rings (SSSR count). The lowest BCUT2D eigenvalue weighted by molar-refractivity contribution is -0.161. The molecule has 5 heteroatoms. The minimum atomic E-state index is -0.787. The number of hydrogen-bond donors (Lipinski definition) is 1. The Balaban J connectivity index is 3.52. The summed E-state index contributed by atoms with van der Waals surface area (Å²) in [6.45, 7) is 4.00. The van der Waals surface area contributed by atoms with Gasteiger partial charge in [-0.3, -0.25) is 9.59 Å². The van der Waals surface area contributed by atoms with Gasteiger partial charge in [-0.1, -0.05) is 209 Å². The molecule has 0 spiro atoms. The molecule has 0 amide bonds. The van der Waals surface area contributed by atoms with Gasteiger partial charge in [-0.2, -0.15) is 0 Å². The lowest BCUT2D eigenvalue weighted by atomic mass is 10.0. The molecule has 0 bridgehead atoms. The SMILES string of the molecule is CC/C=C\C/C=C\C/C=C\C/C=C\CCCCCCC(=O)OC(CO)COC(=O)CCCCCCCCCCCCCCCCC/C=C\C/C=C\CCCCCCC. The van der Waals surface area contributed by atoms with Gasteiger partial charge in [0, 0.05) is 12.8 Å². The predicted octanol–water partition coefficient (Wildman–Crippen LogP) is 16.1. The summed E-state index contributed by atoms with van der Waals surface area (Å²) < 4.78 is 10.6. The first kappa shape index (κ1) is 55.3. The summed E-state index contributed by atoms with van der Waals surface area (Å²) in [5, 5.41) is 9.60. The number of allylic oxidation sites excluding steroid dienone is 12. The first-order valence-electron chi connectivity index (χ1n) is 24.5. The van der Waals surface area contributed by atoms with E-state index < -0.39 is 6.10 Å². The molecule has 1 unspecified atom stereocenters. The molecule has 1 N–H and O–H groups in total. The molecule has 5 nitrogen and oxygen atoms in total. The van der Waals surface area contributed by atoms with Crippen LogP contribution in [0.5, 0.6) is 0 Å². The van der Waals surface area contributed by atoms with Crippen molar-refractivity contribution < 1.29 is 24.2 Å². The maximum Gasteiger partial charge on any atom is 0.306 e. The van der Waals surface area contributed by atoms with Crippen LogP contribution in [0.4, 0.5) is 0 Å². The number of carbonyl (C=O) groups excluding carboxylic acids is 2. The Kier molecular flexibility index (Phi) is 46.5. The van der Waals surface area contributed by atoms with Crippen LogP contribution in [0, 0.1) is 0 Å². The number of unbranched alkanes of at least 4 members (excludes halogenated alkanes) is 24. The van der Waals surface area contributed by atoms with Gasteiger partial charge in [0.2, 0.25) is 0 Å². The molecular formula is C53H92O5. The second kappa shape index (κ2) is 48.7. The normalized spacial score (nSPS) is 12.8. The van der Waals surface area contributed by atoms with Gasteiger partial charge < -0.3 is 14.6 Å². The van der Waals surface area contributed by atoms with E-state index in [1.165, 1.54) is 122 Å². The van der Waals surface area contributed by atoms with Crippen molar-refractivity contribution in [3.63, 3.8) is 0 Å². The van der Waals surface area contributed by atoms with Gasteiger partial charge >= 0.3 is 11.9 Å². The molecule has 0 aromatic heterocycles. The van der Waals surface area contributed by atoms with Crippen LogP contribution in [-0.2, 0) is 19.1 Å². The number of rotatable bonds is 44. The van der Waals surface area contributed by atoms with Crippen LogP contribution in [0.25, 0.3) is 0 Å². The molecule has 0 heterocycles. The summed E-state index contributed by atoms with van der Waals surface area (Å²) in [7, 11) is 0. The number of esters is 2. The Morgan fingerprint density at radius 1 is 0.414 bits per heavy atom. The second-order valence-electron chi connectivity index (χ2n) is 16.2. The third kappa shape index (κ3) is 46.0. The Labute approximate surface area is 359 Å². The highest BCUT2D eigenvalue weighted by Crippen LogP contribution is 2.15. The zero-order valence-electron chi connectivity index (χ0n) is 38.0. The fourth-order valence-electron chi connectivity index (χ4n) is 6.81. The predicted molar refractivity (Wildman–Crippen MR) is 251 cm³/mol. The van der Waals surface area contributed by atoms with Crippen LogP contribution < -0.4 is 0 Å². The summed E-state index contributed by atoms with van der Waals surface area (Å²) in [4.78, 5) is 24.4. The molecule has 334 valence electrons. The molecule has 0 fully saturated rings. The fraction of sp³-hybridized carbons (Fsp3) is 0.736. The molecular weight excluding hydrogens is 717 g/mol. The van der Waals surface area contributed by atoms with E-state index in [-0.39, 0.29) is 25.2 Å². The van der Waals surface area contributed by atoms with Crippen molar-refractivity contribution in [3.05, 3.63) is 72.9 Å². The summed E-state index contributed by atoms with van der Waals surface area (Å²) in [6, 6.07) is 0. The molecule has 0 aliphatic carbocycles. The smallest absolute Gasteiger partial charge is 0.306 e. The van der Waals surface area contributed by atoms with Gasteiger partial charge in [0.05, 0.1) is 6.61 Å². The van der Waals surface area contributed by atoms with E-state index in [2.05, 4.69) is 86.8 Å². The third-order valence-corrected chi connectivity index (χ3v) is 10.5. The largest absolute Gasteiger partial charge is 0.462 e. The van der Waals surface area contributed by atoms with E-state index in [0.717, 1.165) is 83.5 Å². The van der Waals surface area contributed by atoms with Gasteiger partial charge in [0.1, 0.15) is 6.61 Å². The highest BCUT2D eigenvalue weighted by molar-refractivity contribution is 5.70. The van der Waals surface area contributed by atoms with E-state index in [1.54, 1.807) is 0 Å². The number of aliphatic hydroxyl groups excluding tert-OH is 1. The van der Waals surface area contributed by atoms with Gasteiger partial charge in [-0.15, -0.1) is 0 Å². The van der Waals surface area contributed by atoms with Gasteiger partial charge in [0.25, 0.3) is 0 Å². The maximum absolute atomic E-state index is 12.2. The van der Waals surface area contributed by atoms with Crippen molar-refractivity contribution in [3.8, 4) is 0 Å². The molecule has 0 aliphatic heterocycles. The van der Waals surface area contributed by atoms with E-state index in [1.807, 2.05) is 0 Å². The average Bonchev–Trinajstić information content (AvgIpc) is 3.23. The first-order chi connectivity index (χ1) is 28.6. The van der Waals surface area contributed by atoms with Gasteiger partial charge in [0.15, 0.2) is 6.10 Å². The van der Waals surface area contributed by atoms with Crippen molar-refractivity contribution in [1.29, 1.82) is 0 Å². The zero-order chi connectivity index (χ0) is 42.1. The topological polar surface area (TPSA) is 72.8 Å². The summed E-state index contributed by atoms with van der Waals surface area (Å²) in [5.74, 6) is -0.617. The van der Waals surface area contributed by atoms with Crippen LogP contribution in [0.1, 0.15) is 232 Å². The Morgan fingerprint density at radius 3 is 1.12 bits per heavy atom. The molecule has 0 radical (unpaired) electrons. The average molecular weight is 809 g/mol. The second-order valence-corrected chi connectivity index (χ2v) is 16.2. The molecule has 0 aromatic rings. The first-order valence-corrected chi connectivity index (χ1v) is 24.5. The highest BCUT2D eigenvalue weighted by atomic mass is 16.6. The maximum atomic E-state index is 12.2. The van der Waals surface area contributed by atoms with Crippen molar-refractivity contribution in [2.24, 2.45) is 0 Å². The summed E-state index contributed by atoms with van der Waals surface area (Å²) >= 11 is 0. The Bertz CT molecular complexity index is 1050. The Hall–Kier alpha value is -2.66. The van der Waals surface area contributed by atoms with Crippen LogP contribution in [0.2, 0.25) is 0 Å². The van der Waals surface area contributed by atoms with E-state index >= 15 is 0 Å². The fourth-order valence-corrected chi connectivity index (χ4v) is 6.81. The standard InChI is InChI=1S/C53H92O5/c1-3-5-7-9-11-13-15-17-19-21-22-23-24-25-26-27-28-29-30-32-33-35-37-39-41-43-45-47-52(55)57-50-51(49-54)58-53(56)48-46-44-42-40-38-36-34-31-20-18-16-14-12-10-8-6-4-2/h6,8,12,14-15,17-18,20-22,34,36,51,54H,3-5,7,9-11,13,16,19,23-33,35,37-50H2,1-2H3/b8-6-,14-12-,17-15-,20-18-,22-21-,36-34-. The minimum absolute atomic E-state index is 0.0778. The highest BCUT2D eigenvalue weighted by Gasteiger charge is 2.16. The molecule has 0 aromatic carbocycles. The van der Waals surface area contributed by atoms with Crippen molar-refractivity contribution in [2.45, 2.75) is 238 Å². The Morgan fingerprint density at radius 2 is 0.741 bits per heavy atom. The number of ether oxygens (including phenoxy) is 2. The number of aliphatic hydroxyl groups is 1. The quantitative estimate of drug-likeness (QED) is 0.0377. The van der Waals surface area contributed by atoms with Gasteiger partial charge in [-0.25, -0.2) is 0 Å². The minimum Gasteiger partial charge on any atom is -0.462 e. The zero-order valence-corrected chi connectivity index (χ0v) is 38.0. The summed E-state index contributed by atoms with van der Waals surface area (Å²) in [6.07, 6.45) is 65.6. The van der Waals surface area contributed by atoms with Gasteiger partial charge in [-0.05, 0) is 83.5 Å². The molecule has 0 saturated heterocycles. The third-order valence-electron chi connectivity index (χ3n) is 10.5. The molecule has 0 saturated carbocycles. The molecule has 0 aliphatic rings. The lowest BCUT2D eigenvalue weighted by Crippen LogP contribution is -2.28. The van der Waals surface area contributed by atoms with E-state index in [9.17, 15) is 14.7 Å². The van der Waals surface area contributed by atoms with Crippen LogP contribution in [-0.4, -0.2) is 36.4 Å². The van der Waals surface area contributed by atoms with Crippen molar-refractivity contribution in [2.75, 3.05) is 13.2 Å². The van der Waals surface area contributed by atoms with Crippen LogP contribution in [0.3, 0.4) is 0 Å². The lowest BCUT2D eigenvalue weighted by Gasteiger charge is -2.15. The van der Waals surface area contributed by atoms with Crippen LogP contribution >= 0.6 is 0 Å². The molecule has 58 heavy (non-hydrogen) atoms. The van der Waals surface area contributed by atoms with Crippen molar-refractivity contribution >= 4 is 11.9 Å². The van der Waals surface area contributed by atoms with E-state index in [0.29, 0.717) is 12.8 Å². The van der Waals surface area contributed by atoms with E-state index in [4.69, 9.17) is 9.47 Å². The number of carbonyl (C=O) groups is 2. The van der Waals surface area contributed by atoms with Crippen molar-refractivity contribution in [1.82, 2.24) is 0 Å². The monoisotopic (exact) mass is 809 g/mol. The van der Waals surface area contributed by atoms with Crippen LogP contribution in [0.15, 0.2) is 72.9 Å².